The summed E-state index contributed by atoms with van der Waals surface area (Å²) in [5, 5.41) is 5.33. The van der Waals surface area contributed by atoms with Crippen LogP contribution in [0.25, 0.3) is 22.4 Å². The molecule has 0 aliphatic rings. The van der Waals surface area contributed by atoms with Crippen molar-refractivity contribution in [3.63, 3.8) is 0 Å². The van der Waals surface area contributed by atoms with Crippen LogP contribution < -0.4 is 4.74 Å². The van der Waals surface area contributed by atoms with E-state index in [0.717, 1.165) is 22.2 Å². The number of hydrogen-bond acceptors (Lipinski definition) is 7. The molecule has 8 nitrogen and oxygen atoms in total. The van der Waals surface area contributed by atoms with E-state index in [9.17, 15) is 4.79 Å². The molecular formula is C24H18ClN5O3. The van der Waals surface area contributed by atoms with Gasteiger partial charge in [-0.2, -0.15) is 4.98 Å². The van der Waals surface area contributed by atoms with Gasteiger partial charge in [0, 0.05) is 34.4 Å². The molecule has 0 radical (unpaired) electrons. The van der Waals surface area contributed by atoms with Gasteiger partial charge in [0.1, 0.15) is 17.8 Å². The van der Waals surface area contributed by atoms with Crippen molar-refractivity contribution in [3.8, 4) is 17.3 Å². The summed E-state index contributed by atoms with van der Waals surface area (Å²) in [7, 11) is 1.59. The standard InChI is InChI=1S/C24H18ClN5O3/c1-14-21(22(31)24-28-23(29-33-24)19-9-10-26-13-27-19)18-11-17(32-2)7-8-20(18)30(14)12-15-3-5-16(25)6-4-15/h3-11,13H,12H2,1-2H3. The summed E-state index contributed by atoms with van der Waals surface area (Å²) in [4.78, 5) is 25.8. The van der Waals surface area contributed by atoms with Crippen LogP contribution in [0, 0.1) is 6.92 Å². The fourth-order valence-electron chi connectivity index (χ4n) is 3.80. The number of fused-ring (bicyclic) bond motifs is 1. The number of hydrogen-bond donors (Lipinski definition) is 0. The van der Waals surface area contributed by atoms with Crippen LogP contribution in [0.4, 0.5) is 0 Å². The zero-order chi connectivity index (χ0) is 22.9. The number of carbonyl (C=O) groups is 1. The molecule has 0 fully saturated rings. The number of ketones is 1. The van der Waals surface area contributed by atoms with Crippen LogP contribution in [-0.2, 0) is 6.54 Å². The summed E-state index contributed by atoms with van der Waals surface area (Å²) in [5.41, 5.74) is 3.67. The maximum Gasteiger partial charge on any atom is 0.299 e. The number of benzene rings is 2. The van der Waals surface area contributed by atoms with Crippen LogP contribution in [0.1, 0.15) is 27.5 Å². The van der Waals surface area contributed by atoms with Gasteiger partial charge in [0.2, 0.25) is 5.82 Å². The second-order valence-corrected chi connectivity index (χ2v) is 7.84. The first-order valence-corrected chi connectivity index (χ1v) is 10.5. The largest absolute Gasteiger partial charge is 0.497 e. The summed E-state index contributed by atoms with van der Waals surface area (Å²) in [6, 6.07) is 14.9. The molecule has 0 bridgehead atoms. The van der Waals surface area contributed by atoms with Crippen LogP contribution in [0.15, 0.2) is 65.6 Å². The molecule has 5 rings (SSSR count). The van der Waals surface area contributed by atoms with Crippen molar-refractivity contribution in [1.82, 2.24) is 24.7 Å². The SMILES string of the molecule is COc1ccc2c(c1)c(C(=O)c1nc(-c3ccncn3)no1)c(C)n2Cc1ccc(Cl)cc1. The third kappa shape index (κ3) is 3.85. The van der Waals surface area contributed by atoms with E-state index in [1.807, 2.05) is 49.4 Å². The van der Waals surface area contributed by atoms with E-state index in [-0.39, 0.29) is 17.5 Å². The summed E-state index contributed by atoms with van der Waals surface area (Å²) in [6.07, 6.45) is 2.95. The van der Waals surface area contributed by atoms with E-state index >= 15 is 0 Å². The normalized spacial score (nSPS) is 11.1. The van der Waals surface area contributed by atoms with Gasteiger partial charge in [-0.25, -0.2) is 9.97 Å². The number of carbonyl (C=O) groups excluding carboxylic acids is 1. The Labute approximate surface area is 193 Å². The van der Waals surface area contributed by atoms with Gasteiger partial charge in [-0.1, -0.05) is 28.9 Å². The molecule has 9 heteroatoms. The van der Waals surface area contributed by atoms with Crippen molar-refractivity contribution in [1.29, 1.82) is 0 Å². The lowest BCUT2D eigenvalue weighted by atomic mass is 10.1. The average molecular weight is 460 g/mol. The fourth-order valence-corrected chi connectivity index (χ4v) is 3.93. The summed E-state index contributed by atoms with van der Waals surface area (Å²) in [6.45, 7) is 2.46. The third-order valence-electron chi connectivity index (χ3n) is 5.44. The summed E-state index contributed by atoms with van der Waals surface area (Å²) in [5.74, 6) is 0.391. The highest BCUT2D eigenvalue weighted by molar-refractivity contribution is 6.30. The summed E-state index contributed by atoms with van der Waals surface area (Å²) >= 11 is 6.04. The van der Waals surface area contributed by atoms with Gasteiger partial charge >= 0.3 is 0 Å². The minimum atomic E-state index is -0.367. The Balaban J connectivity index is 1.61. The topological polar surface area (TPSA) is 95.9 Å². The fraction of sp³-hybridized carbons (Fsp3) is 0.125. The van der Waals surface area contributed by atoms with Gasteiger partial charge in [0.15, 0.2) is 0 Å². The van der Waals surface area contributed by atoms with Crippen molar-refractivity contribution in [2.45, 2.75) is 13.5 Å². The van der Waals surface area contributed by atoms with Gasteiger partial charge in [-0.15, -0.1) is 0 Å². The molecule has 0 aliphatic heterocycles. The Morgan fingerprint density at radius 1 is 1.15 bits per heavy atom. The molecule has 0 N–H and O–H groups in total. The average Bonchev–Trinajstić information content (AvgIpc) is 3.44. The molecule has 5 aromatic rings. The van der Waals surface area contributed by atoms with Gasteiger partial charge in [-0.05, 0) is 48.9 Å². The van der Waals surface area contributed by atoms with Crippen LogP contribution in [0.2, 0.25) is 5.02 Å². The lowest BCUT2D eigenvalue weighted by Gasteiger charge is -2.09. The number of methoxy groups -OCH3 is 1. The van der Waals surface area contributed by atoms with E-state index in [0.29, 0.717) is 28.6 Å². The van der Waals surface area contributed by atoms with E-state index in [1.165, 1.54) is 6.33 Å². The number of rotatable bonds is 6. The zero-order valence-corrected chi connectivity index (χ0v) is 18.6. The Morgan fingerprint density at radius 2 is 1.97 bits per heavy atom. The molecule has 0 unspecified atom stereocenters. The van der Waals surface area contributed by atoms with Crippen molar-refractivity contribution in [3.05, 3.63) is 88.8 Å². The van der Waals surface area contributed by atoms with Gasteiger partial charge in [-0.3, -0.25) is 4.79 Å². The Bertz CT molecular complexity index is 1460. The molecule has 0 saturated carbocycles. The van der Waals surface area contributed by atoms with Gasteiger partial charge in [0.25, 0.3) is 11.7 Å². The molecular weight excluding hydrogens is 442 g/mol. The highest BCUT2D eigenvalue weighted by Crippen LogP contribution is 2.32. The highest BCUT2D eigenvalue weighted by atomic mass is 35.5. The molecule has 0 atom stereocenters. The highest BCUT2D eigenvalue weighted by Gasteiger charge is 2.26. The molecule has 0 amide bonds. The quantitative estimate of drug-likeness (QED) is 0.338. The molecule has 3 aromatic heterocycles. The zero-order valence-electron chi connectivity index (χ0n) is 17.8. The van der Waals surface area contributed by atoms with Gasteiger partial charge < -0.3 is 13.8 Å². The Hall–Kier alpha value is -4.04. The van der Waals surface area contributed by atoms with Crippen molar-refractivity contribution < 1.29 is 14.1 Å². The van der Waals surface area contributed by atoms with Crippen molar-refractivity contribution in [2.75, 3.05) is 7.11 Å². The minimum absolute atomic E-state index is 0.111. The third-order valence-corrected chi connectivity index (χ3v) is 5.69. The van der Waals surface area contributed by atoms with E-state index in [1.54, 1.807) is 19.4 Å². The van der Waals surface area contributed by atoms with E-state index < -0.39 is 0 Å². The van der Waals surface area contributed by atoms with Crippen molar-refractivity contribution >= 4 is 28.3 Å². The monoisotopic (exact) mass is 459 g/mol. The summed E-state index contributed by atoms with van der Waals surface area (Å²) < 4.78 is 12.8. The number of aromatic nitrogens is 5. The van der Waals surface area contributed by atoms with Crippen LogP contribution in [0.3, 0.4) is 0 Å². The molecule has 33 heavy (non-hydrogen) atoms. The van der Waals surface area contributed by atoms with E-state index in [2.05, 4.69) is 24.7 Å². The molecule has 3 heterocycles. The first-order chi connectivity index (χ1) is 16.0. The number of nitrogens with zero attached hydrogens (tertiary/aromatic N) is 5. The maximum atomic E-state index is 13.5. The second-order valence-electron chi connectivity index (χ2n) is 7.40. The predicted molar refractivity (Wildman–Crippen MR) is 123 cm³/mol. The molecule has 164 valence electrons. The predicted octanol–water partition coefficient (Wildman–Crippen LogP) is 4.73. The molecule has 0 spiro atoms. The van der Waals surface area contributed by atoms with Crippen LogP contribution >= 0.6 is 11.6 Å². The maximum absolute atomic E-state index is 13.5. The Morgan fingerprint density at radius 3 is 2.70 bits per heavy atom. The van der Waals surface area contributed by atoms with Crippen LogP contribution in [0.5, 0.6) is 5.75 Å². The lowest BCUT2D eigenvalue weighted by molar-refractivity contribution is 0.0994. The molecule has 0 aliphatic carbocycles. The van der Waals surface area contributed by atoms with Crippen LogP contribution in [-0.4, -0.2) is 37.6 Å². The lowest BCUT2D eigenvalue weighted by Crippen LogP contribution is -2.06. The Kier molecular flexibility index (Phi) is 5.35. The van der Waals surface area contributed by atoms with E-state index in [4.69, 9.17) is 20.9 Å². The van der Waals surface area contributed by atoms with Crippen molar-refractivity contribution in [2.24, 2.45) is 0 Å². The smallest absolute Gasteiger partial charge is 0.299 e. The number of halogens is 1. The second kappa shape index (κ2) is 8.48. The minimum Gasteiger partial charge on any atom is -0.497 e. The van der Waals surface area contributed by atoms with Gasteiger partial charge in [0.05, 0.1) is 12.7 Å². The first kappa shape index (κ1) is 20.8. The molecule has 2 aromatic carbocycles. The number of ether oxygens (including phenoxy) is 1. The molecule has 0 saturated heterocycles. The first-order valence-electron chi connectivity index (χ1n) is 10.1.